The molecule has 0 atom stereocenters. The first-order valence-corrected chi connectivity index (χ1v) is 14.0. The molecule has 1 aliphatic carbocycles. The van der Waals surface area contributed by atoms with Gasteiger partial charge in [-0.3, -0.25) is 9.59 Å². The molecular formula is C28H35ClN6O3. The maximum Gasteiger partial charge on any atom is 0.247 e. The van der Waals surface area contributed by atoms with E-state index >= 15 is 0 Å². The van der Waals surface area contributed by atoms with E-state index < -0.39 is 0 Å². The summed E-state index contributed by atoms with van der Waals surface area (Å²) in [6.07, 6.45) is 9.95. The Morgan fingerprint density at radius 3 is 2.68 bits per heavy atom. The summed E-state index contributed by atoms with van der Waals surface area (Å²) in [5.41, 5.74) is 2.15. The number of carbonyl (C=O) groups excluding carboxylic acids is 2. The van der Waals surface area contributed by atoms with Crippen LogP contribution in [0.15, 0.2) is 30.1 Å². The third-order valence-electron chi connectivity index (χ3n) is 7.46. The number of nitrogens with one attached hydrogen (secondary N) is 3. The average molecular weight is 539 g/mol. The molecule has 2 amide bonds. The molecule has 5 rings (SSSR count). The van der Waals surface area contributed by atoms with Crippen LogP contribution in [0.3, 0.4) is 0 Å². The predicted octanol–water partition coefficient (Wildman–Crippen LogP) is 4.77. The lowest BCUT2D eigenvalue weighted by molar-refractivity contribution is -0.137. The number of aromatic nitrogens is 2. The Kier molecular flexibility index (Phi) is 8.32. The number of fused-ring (bicyclic) bond motifs is 1. The van der Waals surface area contributed by atoms with Crippen LogP contribution in [0, 0.1) is 5.92 Å². The normalized spacial score (nSPS) is 18.2. The Bertz CT molecular complexity index is 1210. The first kappa shape index (κ1) is 26.3. The zero-order chi connectivity index (χ0) is 26.5. The van der Waals surface area contributed by atoms with Crippen molar-refractivity contribution < 1.29 is 14.3 Å². The summed E-state index contributed by atoms with van der Waals surface area (Å²) < 4.78 is 6.23. The van der Waals surface area contributed by atoms with E-state index in [0.29, 0.717) is 53.4 Å². The highest BCUT2D eigenvalue weighted by Crippen LogP contribution is 2.34. The van der Waals surface area contributed by atoms with Gasteiger partial charge in [0.15, 0.2) is 0 Å². The molecule has 202 valence electrons. The lowest BCUT2D eigenvalue weighted by atomic mass is 10.0. The highest BCUT2D eigenvalue weighted by molar-refractivity contribution is 6.32. The van der Waals surface area contributed by atoms with Crippen molar-refractivity contribution in [3.63, 3.8) is 0 Å². The van der Waals surface area contributed by atoms with Crippen molar-refractivity contribution >= 4 is 46.8 Å². The third kappa shape index (κ3) is 6.04. The van der Waals surface area contributed by atoms with Crippen LogP contribution in [0.2, 0.25) is 5.02 Å². The van der Waals surface area contributed by atoms with Crippen LogP contribution in [-0.4, -0.2) is 59.0 Å². The molecule has 3 N–H and O–H groups in total. The summed E-state index contributed by atoms with van der Waals surface area (Å²) in [5.74, 6) is 2.33. The van der Waals surface area contributed by atoms with Gasteiger partial charge in [0.25, 0.3) is 0 Å². The van der Waals surface area contributed by atoms with Crippen LogP contribution < -0.4 is 20.7 Å². The van der Waals surface area contributed by atoms with Crippen molar-refractivity contribution in [2.24, 2.45) is 5.92 Å². The molecule has 2 aromatic rings. The zero-order valence-electron chi connectivity index (χ0n) is 21.8. The Morgan fingerprint density at radius 1 is 1.16 bits per heavy atom. The van der Waals surface area contributed by atoms with Gasteiger partial charge in [0.1, 0.15) is 29.8 Å². The van der Waals surface area contributed by atoms with Gasteiger partial charge in [0.2, 0.25) is 11.8 Å². The molecule has 1 saturated heterocycles. The molecule has 0 bridgehead atoms. The van der Waals surface area contributed by atoms with Crippen molar-refractivity contribution in [1.29, 1.82) is 0 Å². The molecule has 10 heteroatoms. The molecule has 3 aliphatic rings. The van der Waals surface area contributed by atoms with E-state index in [1.807, 2.05) is 36.1 Å². The fourth-order valence-corrected chi connectivity index (χ4v) is 5.63. The van der Waals surface area contributed by atoms with Gasteiger partial charge in [-0.15, -0.1) is 0 Å². The van der Waals surface area contributed by atoms with E-state index in [9.17, 15) is 9.59 Å². The maximum absolute atomic E-state index is 12.7. The minimum absolute atomic E-state index is 0.0282. The number of likely N-dealkylation sites (tertiary alicyclic amines) is 1. The number of hydrogen-bond acceptors (Lipinski definition) is 7. The molecular weight excluding hydrogens is 504 g/mol. The summed E-state index contributed by atoms with van der Waals surface area (Å²) in [6, 6.07) is 5.56. The molecule has 1 aromatic carbocycles. The topological polar surface area (TPSA) is 108 Å². The summed E-state index contributed by atoms with van der Waals surface area (Å²) in [6.45, 7) is 4.54. The predicted molar refractivity (Wildman–Crippen MR) is 149 cm³/mol. The number of rotatable bonds is 7. The van der Waals surface area contributed by atoms with Crippen molar-refractivity contribution in [2.45, 2.75) is 58.0 Å². The number of piperidine rings is 1. The van der Waals surface area contributed by atoms with Crippen LogP contribution in [0.5, 0.6) is 5.75 Å². The number of nitrogens with zero attached hydrogens (tertiary/aromatic N) is 3. The standard InChI is InChI=1S/C28H35ClN6O3/c1-2-30-27(36)19-9-12-31-25-22(15-19)26(33-17-32-25)34-20-7-8-24(23(29)16-20)38-21-10-13-35(14-11-21)28(37)18-5-3-4-6-18/h7-8,15-18,21H,2-6,9-14H2,1H3,(H,30,36)(H2,31,32,33,34). The maximum atomic E-state index is 12.7. The lowest BCUT2D eigenvalue weighted by Gasteiger charge is -2.33. The average Bonchev–Trinajstić information content (AvgIpc) is 3.37. The number of likely N-dealkylation sites (N-methyl/N-ethyl adjacent to an activating group) is 1. The number of anilines is 3. The van der Waals surface area contributed by atoms with E-state index in [-0.39, 0.29) is 17.9 Å². The quantitative estimate of drug-likeness (QED) is 0.466. The molecule has 38 heavy (non-hydrogen) atoms. The molecule has 1 aromatic heterocycles. The van der Waals surface area contributed by atoms with Gasteiger partial charge in [-0.05, 0) is 50.5 Å². The van der Waals surface area contributed by atoms with Gasteiger partial charge in [0.05, 0.1) is 10.6 Å². The molecule has 2 aliphatic heterocycles. The summed E-state index contributed by atoms with van der Waals surface area (Å²) in [5, 5.41) is 9.95. The number of amides is 2. The molecule has 1 saturated carbocycles. The van der Waals surface area contributed by atoms with Gasteiger partial charge in [-0.25, -0.2) is 9.97 Å². The fraction of sp³-hybridized carbons (Fsp3) is 0.500. The van der Waals surface area contributed by atoms with Gasteiger partial charge in [0, 0.05) is 56.2 Å². The second-order valence-electron chi connectivity index (χ2n) is 10.1. The summed E-state index contributed by atoms with van der Waals surface area (Å²) in [7, 11) is 0. The largest absolute Gasteiger partial charge is 0.489 e. The molecule has 0 unspecified atom stereocenters. The minimum Gasteiger partial charge on any atom is -0.489 e. The van der Waals surface area contributed by atoms with E-state index in [2.05, 4.69) is 25.9 Å². The van der Waals surface area contributed by atoms with E-state index in [1.54, 1.807) is 0 Å². The molecule has 0 radical (unpaired) electrons. The number of halogens is 1. The van der Waals surface area contributed by atoms with Crippen LogP contribution in [-0.2, 0) is 9.59 Å². The molecule has 9 nitrogen and oxygen atoms in total. The van der Waals surface area contributed by atoms with Gasteiger partial charge in [-0.1, -0.05) is 24.4 Å². The highest BCUT2D eigenvalue weighted by Gasteiger charge is 2.30. The van der Waals surface area contributed by atoms with Crippen LogP contribution in [0.1, 0.15) is 57.4 Å². The van der Waals surface area contributed by atoms with Crippen molar-refractivity contribution in [2.75, 3.05) is 36.8 Å². The first-order chi connectivity index (χ1) is 18.5. The number of carbonyl (C=O) groups is 2. The van der Waals surface area contributed by atoms with E-state index in [0.717, 1.165) is 50.0 Å². The fourth-order valence-electron chi connectivity index (χ4n) is 5.40. The SMILES string of the molecule is CCNC(=O)C1=Cc2c(ncnc2Nc2ccc(OC3CCN(C(=O)C4CCCC4)CC3)c(Cl)c2)NCC1. The molecule has 3 heterocycles. The number of benzene rings is 1. The van der Waals surface area contributed by atoms with Crippen LogP contribution in [0.4, 0.5) is 17.3 Å². The third-order valence-corrected chi connectivity index (χ3v) is 7.76. The van der Waals surface area contributed by atoms with Crippen LogP contribution >= 0.6 is 11.6 Å². The lowest BCUT2D eigenvalue weighted by Crippen LogP contribution is -2.44. The van der Waals surface area contributed by atoms with Gasteiger partial charge < -0.3 is 25.6 Å². The van der Waals surface area contributed by atoms with E-state index in [1.165, 1.54) is 19.2 Å². The van der Waals surface area contributed by atoms with Crippen molar-refractivity contribution in [3.05, 3.63) is 40.7 Å². The van der Waals surface area contributed by atoms with E-state index in [4.69, 9.17) is 16.3 Å². The Morgan fingerprint density at radius 2 is 1.95 bits per heavy atom. The first-order valence-electron chi connectivity index (χ1n) is 13.6. The molecule has 2 fully saturated rings. The van der Waals surface area contributed by atoms with Crippen molar-refractivity contribution in [3.8, 4) is 5.75 Å². The number of hydrogen-bond donors (Lipinski definition) is 3. The summed E-state index contributed by atoms with van der Waals surface area (Å²) in [4.78, 5) is 36.0. The van der Waals surface area contributed by atoms with Crippen LogP contribution in [0.25, 0.3) is 6.08 Å². The Hall–Kier alpha value is -3.33. The monoisotopic (exact) mass is 538 g/mol. The second-order valence-corrected chi connectivity index (χ2v) is 10.5. The zero-order valence-corrected chi connectivity index (χ0v) is 22.5. The second kappa shape index (κ2) is 12.0. The highest BCUT2D eigenvalue weighted by atomic mass is 35.5. The van der Waals surface area contributed by atoms with Crippen molar-refractivity contribution in [1.82, 2.24) is 20.2 Å². The summed E-state index contributed by atoms with van der Waals surface area (Å²) >= 11 is 6.61. The smallest absolute Gasteiger partial charge is 0.247 e. The Labute approximate surface area is 228 Å². The van der Waals surface area contributed by atoms with Gasteiger partial charge >= 0.3 is 0 Å². The van der Waals surface area contributed by atoms with Gasteiger partial charge in [-0.2, -0.15) is 0 Å². The number of ether oxygens (including phenoxy) is 1. The minimum atomic E-state index is -0.0877. The Balaban J connectivity index is 1.23. The molecule has 0 spiro atoms.